The minimum atomic E-state index is -0.829. The Hall–Kier alpha value is -1.10. The molecule has 0 unspecified atom stereocenters. The molecule has 116 valence electrons. The van der Waals surface area contributed by atoms with Crippen LogP contribution in [-0.2, 0) is 9.59 Å². The Labute approximate surface area is 120 Å². The van der Waals surface area contributed by atoms with Gasteiger partial charge in [-0.05, 0) is 43.9 Å². The zero-order chi connectivity index (χ0) is 15.2. The van der Waals surface area contributed by atoms with E-state index in [1.807, 2.05) is 0 Å². The summed E-state index contributed by atoms with van der Waals surface area (Å²) in [7, 11) is 0. The molecular formula is C15H27NO4. The number of aliphatic carboxylic acids is 1. The average Bonchev–Trinajstić information content (AvgIpc) is 2.36. The molecule has 0 aromatic heterocycles. The molecule has 1 fully saturated rings. The normalized spacial score (nSPS) is 20.4. The number of rotatable bonds is 7. The van der Waals surface area contributed by atoms with Crippen LogP contribution in [0.2, 0.25) is 0 Å². The third-order valence-corrected chi connectivity index (χ3v) is 4.19. The number of unbranched alkanes of at least 4 members (excludes halogenated alkanes) is 1. The number of hydrogen-bond donors (Lipinski definition) is 3. The SMILES string of the molecule is CC1(C)CCC(O)(CNC(=O)CCCCC(=O)O)CC1. The second-order valence-corrected chi connectivity index (χ2v) is 6.77. The summed E-state index contributed by atoms with van der Waals surface area (Å²) in [6.07, 6.45) is 4.90. The van der Waals surface area contributed by atoms with E-state index in [0.717, 1.165) is 25.7 Å². The van der Waals surface area contributed by atoms with Crippen molar-refractivity contribution < 1.29 is 19.8 Å². The Balaban J connectivity index is 2.19. The lowest BCUT2D eigenvalue weighted by molar-refractivity contribution is -0.137. The minimum Gasteiger partial charge on any atom is -0.481 e. The van der Waals surface area contributed by atoms with E-state index in [4.69, 9.17) is 5.11 Å². The first-order valence-electron chi connectivity index (χ1n) is 7.43. The van der Waals surface area contributed by atoms with Crippen LogP contribution >= 0.6 is 0 Å². The first kappa shape index (κ1) is 17.0. The van der Waals surface area contributed by atoms with Crippen molar-refractivity contribution in [2.24, 2.45) is 5.41 Å². The molecule has 0 aromatic rings. The average molecular weight is 285 g/mol. The highest BCUT2D eigenvalue weighted by molar-refractivity contribution is 5.76. The number of nitrogens with one attached hydrogen (secondary N) is 1. The van der Waals surface area contributed by atoms with Gasteiger partial charge < -0.3 is 15.5 Å². The van der Waals surface area contributed by atoms with Gasteiger partial charge in [0.05, 0.1) is 5.60 Å². The van der Waals surface area contributed by atoms with Gasteiger partial charge in [0.15, 0.2) is 0 Å². The van der Waals surface area contributed by atoms with Crippen LogP contribution in [0.1, 0.15) is 65.2 Å². The summed E-state index contributed by atoms with van der Waals surface area (Å²) < 4.78 is 0. The predicted molar refractivity (Wildman–Crippen MR) is 76.3 cm³/mol. The van der Waals surface area contributed by atoms with Crippen molar-refractivity contribution in [3.63, 3.8) is 0 Å². The van der Waals surface area contributed by atoms with E-state index < -0.39 is 11.6 Å². The first-order chi connectivity index (χ1) is 9.22. The maximum Gasteiger partial charge on any atom is 0.303 e. The Bertz CT molecular complexity index is 342. The Morgan fingerprint density at radius 3 is 2.15 bits per heavy atom. The number of amides is 1. The van der Waals surface area contributed by atoms with Crippen LogP contribution in [0, 0.1) is 5.41 Å². The summed E-state index contributed by atoms with van der Waals surface area (Å²) in [6.45, 7) is 4.71. The minimum absolute atomic E-state index is 0.103. The van der Waals surface area contributed by atoms with Gasteiger partial charge in [0.25, 0.3) is 0 Å². The van der Waals surface area contributed by atoms with Crippen LogP contribution in [-0.4, -0.2) is 34.2 Å². The molecule has 0 aliphatic heterocycles. The van der Waals surface area contributed by atoms with E-state index in [2.05, 4.69) is 19.2 Å². The van der Waals surface area contributed by atoms with Gasteiger partial charge >= 0.3 is 5.97 Å². The van der Waals surface area contributed by atoms with Crippen LogP contribution in [0.4, 0.5) is 0 Å². The Morgan fingerprint density at radius 2 is 1.60 bits per heavy atom. The van der Waals surface area contributed by atoms with Gasteiger partial charge in [-0.25, -0.2) is 0 Å². The monoisotopic (exact) mass is 285 g/mol. The Morgan fingerprint density at radius 1 is 1.05 bits per heavy atom. The molecule has 5 heteroatoms. The Kier molecular flexibility index (Phi) is 5.99. The highest BCUT2D eigenvalue weighted by atomic mass is 16.4. The third-order valence-electron chi connectivity index (χ3n) is 4.19. The quantitative estimate of drug-likeness (QED) is 0.625. The number of carboxylic acids is 1. The van der Waals surface area contributed by atoms with Crippen molar-refractivity contribution in [3.05, 3.63) is 0 Å². The number of aliphatic hydroxyl groups is 1. The van der Waals surface area contributed by atoms with Gasteiger partial charge in [-0.1, -0.05) is 13.8 Å². The number of carbonyl (C=O) groups excluding carboxylic acids is 1. The molecule has 0 saturated heterocycles. The van der Waals surface area contributed by atoms with Crippen LogP contribution in [0.15, 0.2) is 0 Å². The van der Waals surface area contributed by atoms with E-state index in [9.17, 15) is 14.7 Å². The molecule has 3 N–H and O–H groups in total. The number of carboxylic acid groups (broad SMARTS) is 1. The molecule has 0 radical (unpaired) electrons. The largest absolute Gasteiger partial charge is 0.481 e. The smallest absolute Gasteiger partial charge is 0.303 e. The molecule has 0 spiro atoms. The van der Waals surface area contributed by atoms with E-state index in [0.29, 0.717) is 25.8 Å². The highest BCUT2D eigenvalue weighted by Crippen LogP contribution is 2.39. The van der Waals surface area contributed by atoms with Crippen molar-refractivity contribution in [2.75, 3.05) is 6.54 Å². The molecule has 1 rings (SSSR count). The van der Waals surface area contributed by atoms with Crippen molar-refractivity contribution in [3.8, 4) is 0 Å². The summed E-state index contributed by atoms with van der Waals surface area (Å²) in [5.41, 5.74) is -0.487. The van der Waals surface area contributed by atoms with Crippen molar-refractivity contribution in [1.29, 1.82) is 0 Å². The molecule has 0 atom stereocenters. The van der Waals surface area contributed by atoms with E-state index >= 15 is 0 Å². The molecule has 20 heavy (non-hydrogen) atoms. The van der Waals surface area contributed by atoms with Gasteiger partial charge in [0, 0.05) is 19.4 Å². The van der Waals surface area contributed by atoms with E-state index in [-0.39, 0.29) is 17.7 Å². The molecule has 1 aliphatic carbocycles. The van der Waals surface area contributed by atoms with E-state index in [1.165, 1.54) is 0 Å². The maximum absolute atomic E-state index is 11.6. The number of carbonyl (C=O) groups is 2. The third kappa shape index (κ3) is 6.37. The fourth-order valence-corrected chi connectivity index (χ4v) is 2.48. The summed E-state index contributed by atoms with van der Waals surface area (Å²) in [6, 6.07) is 0. The van der Waals surface area contributed by atoms with Crippen LogP contribution in [0.3, 0.4) is 0 Å². The zero-order valence-electron chi connectivity index (χ0n) is 12.6. The number of hydrogen-bond acceptors (Lipinski definition) is 3. The molecule has 0 heterocycles. The van der Waals surface area contributed by atoms with Crippen molar-refractivity contribution in [2.45, 2.75) is 70.8 Å². The molecule has 1 amide bonds. The second-order valence-electron chi connectivity index (χ2n) is 6.77. The lowest BCUT2D eigenvalue weighted by Crippen LogP contribution is -2.46. The lowest BCUT2D eigenvalue weighted by Gasteiger charge is -2.40. The van der Waals surface area contributed by atoms with Gasteiger partial charge in [0.1, 0.15) is 0 Å². The van der Waals surface area contributed by atoms with Crippen molar-refractivity contribution in [1.82, 2.24) is 5.32 Å². The second kappa shape index (κ2) is 7.07. The van der Waals surface area contributed by atoms with Gasteiger partial charge in [-0.3, -0.25) is 9.59 Å². The fourth-order valence-electron chi connectivity index (χ4n) is 2.48. The predicted octanol–water partition coefficient (Wildman–Crippen LogP) is 2.08. The summed E-state index contributed by atoms with van der Waals surface area (Å²) in [5.74, 6) is -0.932. The summed E-state index contributed by atoms with van der Waals surface area (Å²) in [5, 5.41) is 21.7. The standard InChI is InChI=1S/C15H27NO4/c1-14(2)7-9-15(20,10-8-14)11-16-12(17)5-3-4-6-13(18)19/h20H,3-11H2,1-2H3,(H,16,17)(H,18,19). The van der Waals surface area contributed by atoms with Crippen LogP contribution < -0.4 is 5.32 Å². The maximum atomic E-state index is 11.6. The van der Waals surface area contributed by atoms with E-state index in [1.54, 1.807) is 0 Å². The lowest BCUT2D eigenvalue weighted by atomic mass is 9.71. The first-order valence-corrected chi connectivity index (χ1v) is 7.43. The topological polar surface area (TPSA) is 86.6 Å². The van der Waals surface area contributed by atoms with Crippen molar-refractivity contribution >= 4 is 11.9 Å². The molecule has 1 saturated carbocycles. The van der Waals surface area contributed by atoms with Gasteiger partial charge in [-0.15, -0.1) is 0 Å². The fraction of sp³-hybridized carbons (Fsp3) is 0.867. The van der Waals surface area contributed by atoms with Crippen LogP contribution in [0.5, 0.6) is 0 Å². The molecule has 0 aromatic carbocycles. The summed E-state index contributed by atoms with van der Waals surface area (Å²) >= 11 is 0. The van der Waals surface area contributed by atoms with Crippen LogP contribution in [0.25, 0.3) is 0 Å². The molecule has 5 nitrogen and oxygen atoms in total. The molecule has 1 aliphatic rings. The zero-order valence-corrected chi connectivity index (χ0v) is 12.6. The molecule has 0 bridgehead atoms. The molecular weight excluding hydrogens is 258 g/mol. The van der Waals surface area contributed by atoms with Gasteiger partial charge in [-0.2, -0.15) is 0 Å². The highest BCUT2D eigenvalue weighted by Gasteiger charge is 2.36. The summed E-state index contributed by atoms with van der Waals surface area (Å²) in [4.78, 5) is 22.0. The van der Waals surface area contributed by atoms with Gasteiger partial charge in [0.2, 0.25) is 5.91 Å².